The third kappa shape index (κ3) is 3.75. The number of aromatic hydroxyl groups is 1. The first-order valence-corrected chi connectivity index (χ1v) is 13.4. The molecule has 2 aliphatic heterocycles. The van der Waals surface area contributed by atoms with Crippen LogP contribution in [0.3, 0.4) is 0 Å². The summed E-state index contributed by atoms with van der Waals surface area (Å²) >= 11 is 5.18. The molecule has 36 heavy (non-hydrogen) atoms. The molecule has 2 aliphatic rings. The van der Waals surface area contributed by atoms with E-state index in [0.29, 0.717) is 5.69 Å². The van der Waals surface area contributed by atoms with Crippen LogP contribution in [0.4, 0.5) is 17.1 Å². The van der Waals surface area contributed by atoms with Crippen LogP contribution < -0.4 is 9.80 Å². The highest BCUT2D eigenvalue weighted by atomic mass is 79.9. The first kappa shape index (κ1) is 21.6. The minimum Gasteiger partial charge on any atom is -0.507 e. The SMILES string of the molecule is Oc1cc(/N=C/c2ccc3c(c2)CN2CN3Cc3cc(Br)ccc32)ccc1-c1nc2ccccc2s1. The van der Waals surface area contributed by atoms with Crippen molar-refractivity contribution in [1.82, 2.24) is 4.98 Å². The molecular weight excluding hydrogens is 532 g/mol. The van der Waals surface area contributed by atoms with Crippen molar-refractivity contribution in [2.75, 3.05) is 16.5 Å². The maximum atomic E-state index is 10.7. The molecule has 5 nitrogen and oxygen atoms in total. The predicted molar refractivity (Wildman–Crippen MR) is 152 cm³/mol. The van der Waals surface area contributed by atoms with E-state index in [-0.39, 0.29) is 5.75 Å². The fourth-order valence-corrected chi connectivity index (χ4v) is 6.48. The number of anilines is 2. The van der Waals surface area contributed by atoms with E-state index in [2.05, 4.69) is 72.1 Å². The number of phenolic OH excluding ortho intramolecular Hbond substituents is 1. The highest BCUT2D eigenvalue weighted by Crippen LogP contribution is 2.40. The van der Waals surface area contributed by atoms with Gasteiger partial charge in [0.2, 0.25) is 0 Å². The first-order chi connectivity index (χ1) is 17.6. The number of aromatic nitrogens is 1. The first-order valence-electron chi connectivity index (χ1n) is 11.7. The number of halogens is 1. The van der Waals surface area contributed by atoms with Gasteiger partial charge in [-0.2, -0.15) is 0 Å². The van der Waals surface area contributed by atoms with Crippen LogP contribution >= 0.6 is 27.3 Å². The minimum absolute atomic E-state index is 0.188. The van der Waals surface area contributed by atoms with Gasteiger partial charge >= 0.3 is 0 Å². The molecule has 0 atom stereocenters. The lowest BCUT2D eigenvalue weighted by atomic mass is 10.0. The average Bonchev–Trinajstić information content (AvgIpc) is 3.31. The van der Waals surface area contributed by atoms with E-state index >= 15 is 0 Å². The van der Waals surface area contributed by atoms with Crippen molar-refractivity contribution in [1.29, 1.82) is 0 Å². The van der Waals surface area contributed by atoms with Gasteiger partial charge < -0.3 is 14.9 Å². The van der Waals surface area contributed by atoms with Crippen LogP contribution in [0.25, 0.3) is 20.8 Å². The smallest absolute Gasteiger partial charge is 0.128 e. The molecule has 0 aliphatic carbocycles. The van der Waals surface area contributed by atoms with E-state index in [1.807, 2.05) is 42.6 Å². The van der Waals surface area contributed by atoms with Crippen molar-refractivity contribution < 1.29 is 5.11 Å². The average molecular weight is 553 g/mol. The van der Waals surface area contributed by atoms with Gasteiger partial charge in [0.05, 0.1) is 28.1 Å². The Morgan fingerprint density at radius 2 is 1.67 bits per heavy atom. The van der Waals surface area contributed by atoms with Crippen molar-refractivity contribution in [3.63, 3.8) is 0 Å². The van der Waals surface area contributed by atoms with Gasteiger partial charge in [-0.1, -0.05) is 34.1 Å². The van der Waals surface area contributed by atoms with Crippen molar-refractivity contribution in [3.8, 4) is 16.3 Å². The number of hydrogen-bond acceptors (Lipinski definition) is 6. The molecule has 1 aromatic heterocycles. The molecule has 5 aromatic rings. The van der Waals surface area contributed by atoms with Crippen LogP contribution in [0.15, 0.2) is 88.3 Å². The summed E-state index contributed by atoms with van der Waals surface area (Å²) in [6.45, 7) is 2.70. The summed E-state index contributed by atoms with van der Waals surface area (Å²) in [6, 6.07) is 26.6. The highest BCUT2D eigenvalue weighted by molar-refractivity contribution is 9.10. The molecule has 0 amide bonds. The highest BCUT2D eigenvalue weighted by Gasteiger charge is 2.29. The third-order valence-corrected chi connectivity index (χ3v) is 8.32. The zero-order valence-electron chi connectivity index (χ0n) is 19.2. The van der Waals surface area contributed by atoms with E-state index < -0.39 is 0 Å². The lowest BCUT2D eigenvalue weighted by Gasteiger charge is -2.44. The summed E-state index contributed by atoms with van der Waals surface area (Å²) in [6.07, 6.45) is 1.87. The van der Waals surface area contributed by atoms with Gasteiger partial charge in [-0.25, -0.2) is 4.98 Å². The quantitative estimate of drug-likeness (QED) is 0.236. The Morgan fingerprint density at radius 1 is 0.889 bits per heavy atom. The van der Waals surface area contributed by atoms with E-state index in [1.54, 1.807) is 17.4 Å². The number of phenols is 1. The molecule has 3 heterocycles. The van der Waals surface area contributed by atoms with Gasteiger partial charge in [0, 0.05) is 41.2 Å². The van der Waals surface area contributed by atoms with Gasteiger partial charge in [-0.3, -0.25) is 4.99 Å². The largest absolute Gasteiger partial charge is 0.507 e. The summed E-state index contributed by atoms with van der Waals surface area (Å²) in [5.74, 6) is 0.188. The molecular formula is C29H21BrN4OS. The predicted octanol–water partition coefficient (Wildman–Crippen LogP) is 7.48. The van der Waals surface area contributed by atoms with Gasteiger partial charge in [-0.15, -0.1) is 11.3 Å². The van der Waals surface area contributed by atoms with Crippen molar-refractivity contribution in [3.05, 3.63) is 100 Å². The topological polar surface area (TPSA) is 52.0 Å². The molecule has 0 spiro atoms. The summed E-state index contributed by atoms with van der Waals surface area (Å²) in [5, 5.41) is 11.5. The molecule has 0 saturated heterocycles. The Kier molecular flexibility index (Phi) is 5.08. The maximum Gasteiger partial charge on any atom is 0.128 e. The number of thiazole rings is 1. The number of benzene rings is 4. The Hall–Kier alpha value is -3.68. The monoisotopic (exact) mass is 552 g/mol. The Balaban J connectivity index is 1.14. The lowest BCUT2D eigenvalue weighted by Crippen LogP contribution is -2.46. The minimum atomic E-state index is 0.188. The molecule has 7 rings (SSSR count). The van der Waals surface area contributed by atoms with E-state index in [0.717, 1.165) is 50.6 Å². The zero-order chi connectivity index (χ0) is 24.2. The van der Waals surface area contributed by atoms with E-state index in [1.165, 1.54) is 22.5 Å². The standard InChI is InChI=1S/C29H21BrN4OS/c30-21-6-10-26-20(12-21)16-34-17-33(26)15-19-11-18(5-9-25(19)34)14-31-22-7-8-23(27(35)13-22)29-32-24-3-1-2-4-28(24)36-29/h1-14,35H,15-17H2/b31-14+. The third-order valence-electron chi connectivity index (χ3n) is 6.76. The van der Waals surface area contributed by atoms with Crippen LogP contribution in [0.5, 0.6) is 5.75 Å². The van der Waals surface area contributed by atoms with Crippen LogP contribution in [0, 0.1) is 0 Å². The van der Waals surface area contributed by atoms with Gasteiger partial charge in [-0.05, 0) is 71.3 Å². The van der Waals surface area contributed by atoms with Crippen molar-refractivity contribution in [2.45, 2.75) is 13.1 Å². The van der Waals surface area contributed by atoms with Gasteiger partial charge in [0.15, 0.2) is 0 Å². The van der Waals surface area contributed by atoms with Crippen LogP contribution in [0.1, 0.15) is 16.7 Å². The Labute approximate surface area is 221 Å². The Morgan fingerprint density at radius 3 is 2.47 bits per heavy atom. The molecule has 4 aromatic carbocycles. The summed E-state index contributed by atoms with van der Waals surface area (Å²) in [5.41, 5.74) is 8.66. The van der Waals surface area contributed by atoms with Gasteiger partial charge in [0.25, 0.3) is 0 Å². The van der Waals surface area contributed by atoms with Crippen LogP contribution in [-0.4, -0.2) is 23.0 Å². The van der Waals surface area contributed by atoms with E-state index in [9.17, 15) is 5.11 Å². The normalized spacial score (nSPS) is 14.4. The second kappa shape index (κ2) is 8.47. The molecule has 176 valence electrons. The van der Waals surface area contributed by atoms with E-state index in [4.69, 9.17) is 0 Å². The molecule has 0 unspecified atom stereocenters. The number of nitrogens with zero attached hydrogens (tertiary/aromatic N) is 4. The Bertz CT molecular complexity index is 1640. The van der Waals surface area contributed by atoms with Crippen LogP contribution in [0.2, 0.25) is 0 Å². The molecule has 7 heteroatoms. The number of fused-ring (bicyclic) bond motifs is 7. The zero-order valence-corrected chi connectivity index (χ0v) is 21.6. The summed E-state index contributed by atoms with van der Waals surface area (Å²) < 4.78 is 2.23. The molecule has 2 bridgehead atoms. The molecule has 0 radical (unpaired) electrons. The van der Waals surface area contributed by atoms with Crippen LogP contribution in [-0.2, 0) is 13.1 Å². The summed E-state index contributed by atoms with van der Waals surface area (Å²) in [4.78, 5) is 14.2. The number of para-hydroxylation sites is 1. The number of hydrogen-bond donors (Lipinski definition) is 1. The number of rotatable bonds is 3. The lowest BCUT2D eigenvalue weighted by molar-refractivity contribution is 0.477. The fraction of sp³-hybridized carbons (Fsp3) is 0.103. The van der Waals surface area contributed by atoms with Crippen molar-refractivity contribution >= 4 is 60.8 Å². The molecule has 0 fully saturated rings. The second-order valence-corrected chi connectivity index (χ2v) is 11.1. The summed E-state index contributed by atoms with van der Waals surface area (Å²) in [7, 11) is 0. The maximum absolute atomic E-state index is 10.7. The fourth-order valence-electron chi connectivity index (χ4n) is 5.07. The molecule has 0 saturated carbocycles. The second-order valence-electron chi connectivity index (χ2n) is 9.14. The van der Waals surface area contributed by atoms with Gasteiger partial charge in [0.1, 0.15) is 10.8 Å². The number of aliphatic imine (C=N–C) groups is 1. The van der Waals surface area contributed by atoms with Crippen molar-refractivity contribution in [2.24, 2.45) is 4.99 Å². The molecule has 1 N–H and O–H groups in total.